The highest BCUT2D eigenvalue weighted by molar-refractivity contribution is 6.11. The van der Waals surface area contributed by atoms with Gasteiger partial charge in [0.05, 0.1) is 12.2 Å². The van der Waals surface area contributed by atoms with Crippen molar-refractivity contribution in [2.75, 3.05) is 4.90 Å². The van der Waals surface area contributed by atoms with Crippen molar-refractivity contribution in [1.82, 2.24) is 15.1 Å². The molecule has 1 saturated carbocycles. The first-order valence-electron chi connectivity index (χ1n) is 12.7. The SMILES string of the molecule is CCc1ccc(N2C(=O)c3cc(C(C)C)nn3C[C@]2(C)C(=O)NC2CCCCCCC2)cc1. The van der Waals surface area contributed by atoms with Gasteiger partial charge in [-0.25, -0.2) is 0 Å². The Bertz CT molecular complexity index is 986. The van der Waals surface area contributed by atoms with E-state index in [0.29, 0.717) is 12.2 Å². The first-order chi connectivity index (χ1) is 15.8. The zero-order valence-electron chi connectivity index (χ0n) is 20.6. The molecule has 0 bridgehead atoms. The Kier molecular flexibility index (Phi) is 6.91. The Balaban J connectivity index is 1.70. The molecule has 1 aliphatic carbocycles. The molecule has 2 amide bonds. The van der Waals surface area contributed by atoms with E-state index in [4.69, 9.17) is 5.10 Å². The number of nitrogens with zero attached hydrogens (tertiary/aromatic N) is 3. The van der Waals surface area contributed by atoms with Crippen LogP contribution in [0.5, 0.6) is 0 Å². The summed E-state index contributed by atoms with van der Waals surface area (Å²) in [5.41, 5.74) is 2.33. The molecule has 178 valence electrons. The van der Waals surface area contributed by atoms with Crippen LogP contribution in [0.3, 0.4) is 0 Å². The third-order valence-corrected chi connectivity index (χ3v) is 7.30. The van der Waals surface area contributed by atoms with Crippen molar-refractivity contribution in [2.45, 2.75) is 103 Å². The number of carbonyl (C=O) groups is 2. The summed E-state index contributed by atoms with van der Waals surface area (Å²) >= 11 is 0. The molecule has 1 fully saturated rings. The monoisotopic (exact) mass is 450 g/mol. The van der Waals surface area contributed by atoms with Gasteiger partial charge in [0.2, 0.25) is 5.91 Å². The van der Waals surface area contributed by atoms with Crippen LogP contribution in [0.2, 0.25) is 0 Å². The number of hydrogen-bond acceptors (Lipinski definition) is 3. The molecule has 1 atom stereocenters. The summed E-state index contributed by atoms with van der Waals surface area (Å²) in [5, 5.41) is 8.02. The first kappa shape index (κ1) is 23.5. The topological polar surface area (TPSA) is 67.2 Å². The molecule has 0 saturated heterocycles. The number of aryl methyl sites for hydroxylation is 1. The maximum atomic E-state index is 13.8. The van der Waals surface area contributed by atoms with Crippen molar-refractivity contribution in [3.63, 3.8) is 0 Å². The number of anilines is 1. The summed E-state index contributed by atoms with van der Waals surface area (Å²) < 4.78 is 1.74. The van der Waals surface area contributed by atoms with E-state index in [-0.39, 0.29) is 23.8 Å². The quantitative estimate of drug-likeness (QED) is 0.679. The second-order valence-corrected chi connectivity index (χ2v) is 10.2. The lowest BCUT2D eigenvalue weighted by Gasteiger charge is -2.44. The molecule has 1 aromatic heterocycles. The molecule has 0 unspecified atom stereocenters. The number of hydrogen-bond donors (Lipinski definition) is 1. The van der Waals surface area contributed by atoms with Crippen LogP contribution in [0.4, 0.5) is 5.69 Å². The summed E-state index contributed by atoms with van der Waals surface area (Å²) in [6.07, 6.45) is 8.97. The molecule has 6 nitrogen and oxygen atoms in total. The predicted octanol–water partition coefficient (Wildman–Crippen LogP) is 5.22. The van der Waals surface area contributed by atoms with E-state index < -0.39 is 5.54 Å². The summed E-state index contributed by atoms with van der Waals surface area (Å²) in [6, 6.07) is 10.1. The maximum absolute atomic E-state index is 13.8. The van der Waals surface area contributed by atoms with E-state index in [2.05, 4.69) is 26.1 Å². The molecule has 4 rings (SSSR count). The molecule has 1 N–H and O–H groups in total. The summed E-state index contributed by atoms with van der Waals surface area (Å²) in [4.78, 5) is 29.3. The second kappa shape index (κ2) is 9.70. The fourth-order valence-electron chi connectivity index (χ4n) is 5.11. The largest absolute Gasteiger partial charge is 0.351 e. The van der Waals surface area contributed by atoms with Crippen LogP contribution in [0.25, 0.3) is 0 Å². The summed E-state index contributed by atoms with van der Waals surface area (Å²) in [6.45, 7) is 8.48. The van der Waals surface area contributed by atoms with E-state index in [1.165, 1.54) is 24.8 Å². The molecule has 1 aliphatic heterocycles. The molecule has 0 radical (unpaired) electrons. The smallest absolute Gasteiger partial charge is 0.277 e. The van der Waals surface area contributed by atoms with Gasteiger partial charge in [0, 0.05) is 11.7 Å². The Morgan fingerprint density at radius 1 is 1.12 bits per heavy atom. The Morgan fingerprint density at radius 2 is 1.76 bits per heavy atom. The highest BCUT2D eigenvalue weighted by atomic mass is 16.2. The van der Waals surface area contributed by atoms with Crippen molar-refractivity contribution >= 4 is 17.5 Å². The third-order valence-electron chi connectivity index (χ3n) is 7.30. The minimum absolute atomic E-state index is 0.0896. The first-order valence-corrected chi connectivity index (χ1v) is 12.7. The zero-order valence-corrected chi connectivity index (χ0v) is 20.6. The van der Waals surface area contributed by atoms with Gasteiger partial charge >= 0.3 is 0 Å². The number of benzene rings is 1. The van der Waals surface area contributed by atoms with Crippen LogP contribution in [0, 0.1) is 0 Å². The van der Waals surface area contributed by atoms with Crippen LogP contribution in [-0.2, 0) is 17.8 Å². The molecule has 2 aliphatic rings. The molecule has 6 heteroatoms. The number of aromatic nitrogens is 2. The standard InChI is InChI=1S/C27H38N4O2/c1-5-20-13-15-22(16-14-20)31-25(32)24-17-23(19(2)3)29-30(24)18-27(31,4)26(33)28-21-11-9-7-6-8-10-12-21/h13-17,19,21H,5-12,18H2,1-4H3,(H,28,33)/t27-/m1/s1. The van der Waals surface area contributed by atoms with E-state index >= 15 is 0 Å². The summed E-state index contributed by atoms with van der Waals surface area (Å²) in [5.74, 6) is -0.0448. The fraction of sp³-hybridized carbons (Fsp3) is 0.593. The van der Waals surface area contributed by atoms with Crippen molar-refractivity contribution in [2.24, 2.45) is 0 Å². The van der Waals surface area contributed by atoms with E-state index in [1.54, 1.807) is 9.58 Å². The van der Waals surface area contributed by atoms with Gasteiger partial charge in [-0.05, 0) is 55.9 Å². The number of fused-ring (bicyclic) bond motifs is 1. The average molecular weight is 451 g/mol. The van der Waals surface area contributed by atoms with Crippen molar-refractivity contribution < 1.29 is 9.59 Å². The molecular formula is C27H38N4O2. The highest BCUT2D eigenvalue weighted by Crippen LogP contribution is 2.34. The Labute approximate surface area is 197 Å². The normalized spacial score (nSPS) is 22.1. The molecule has 2 aromatic rings. The predicted molar refractivity (Wildman–Crippen MR) is 132 cm³/mol. The van der Waals surface area contributed by atoms with Gasteiger partial charge in [0.25, 0.3) is 5.91 Å². The lowest BCUT2D eigenvalue weighted by molar-refractivity contribution is -0.127. The number of amides is 2. The van der Waals surface area contributed by atoms with Crippen molar-refractivity contribution in [3.8, 4) is 0 Å². The van der Waals surface area contributed by atoms with E-state index in [0.717, 1.165) is 43.5 Å². The van der Waals surface area contributed by atoms with Gasteiger partial charge in [-0.15, -0.1) is 0 Å². The Hall–Kier alpha value is -2.63. The Morgan fingerprint density at radius 3 is 2.36 bits per heavy atom. The van der Waals surface area contributed by atoms with E-state index in [1.807, 2.05) is 37.3 Å². The van der Waals surface area contributed by atoms with Crippen LogP contribution in [0.15, 0.2) is 30.3 Å². The molecule has 1 aromatic carbocycles. The van der Waals surface area contributed by atoms with Crippen LogP contribution < -0.4 is 10.2 Å². The van der Waals surface area contributed by atoms with E-state index in [9.17, 15) is 9.59 Å². The van der Waals surface area contributed by atoms with Gasteiger partial charge in [-0.2, -0.15) is 5.10 Å². The van der Waals surface area contributed by atoms with Gasteiger partial charge in [0.15, 0.2) is 0 Å². The average Bonchev–Trinajstić information content (AvgIpc) is 3.20. The van der Waals surface area contributed by atoms with Gasteiger partial charge in [-0.3, -0.25) is 19.2 Å². The van der Waals surface area contributed by atoms with Gasteiger partial charge in [0.1, 0.15) is 11.2 Å². The molecule has 2 heterocycles. The van der Waals surface area contributed by atoms with Crippen LogP contribution in [0.1, 0.15) is 100 Å². The number of nitrogens with one attached hydrogen (secondary N) is 1. The number of rotatable bonds is 5. The molecule has 33 heavy (non-hydrogen) atoms. The number of carbonyl (C=O) groups excluding carboxylic acids is 2. The minimum atomic E-state index is -1.06. The zero-order chi connectivity index (χ0) is 23.6. The highest BCUT2D eigenvalue weighted by Gasteiger charge is 2.49. The second-order valence-electron chi connectivity index (χ2n) is 10.2. The third kappa shape index (κ3) is 4.71. The van der Waals surface area contributed by atoms with Crippen LogP contribution >= 0.6 is 0 Å². The van der Waals surface area contributed by atoms with Crippen molar-refractivity contribution in [1.29, 1.82) is 0 Å². The maximum Gasteiger partial charge on any atom is 0.277 e. The summed E-state index contributed by atoms with van der Waals surface area (Å²) in [7, 11) is 0. The van der Waals surface area contributed by atoms with Crippen LogP contribution in [-0.4, -0.2) is 33.2 Å². The molecular weight excluding hydrogens is 412 g/mol. The lowest BCUT2D eigenvalue weighted by Crippen LogP contribution is -2.65. The fourth-order valence-corrected chi connectivity index (χ4v) is 5.11. The minimum Gasteiger partial charge on any atom is -0.351 e. The lowest BCUT2D eigenvalue weighted by atomic mass is 9.91. The molecule has 0 spiro atoms. The van der Waals surface area contributed by atoms with Gasteiger partial charge < -0.3 is 5.32 Å². The van der Waals surface area contributed by atoms with Gasteiger partial charge in [-0.1, -0.05) is 65.0 Å². The van der Waals surface area contributed by atoms with Crippen molar-refractivity contribution in [3.05, 3.63) is 47.3 Å².